The number of allylic oxidation sites excluding steroid dienone is 2. The van der Waals surface area contributed by atoms with E-state index in [-0.39, 0.29) is 16.3 Å². The van der Waals surface area contributed by atoms with Gasteiger partial charge in [-0.1, -0.05) is 23.8 Å². The molecule has 0 amide bonds. The lowest BCUT2D eigenvalue weighted by atomic mass is 9.77. The molecule has 0 fully saturated rings. The van der Waals surface area contributed by atoms with Gasteiger partial charge in [0.25, 0.3) is 0 Å². The Kier molecular flexibility index (Phi) is 3.16. The molecule has 0 unspecified atom stereocenters. The van der Waals surface area contributed by atoms with Crippen LogP contribution in [0.5, 0.6) is 0 Å². The highest BCUT2D eigenvalue weighted by Gasteiger charge is 2.46. The van der Waals surface area contributed by atoms with Crippen LogP contribution < -0.4 is 5.32 Å². The van der Waals surface area contributed by atoms with E-state index < -0.39 is 35.6 Å². The monoisotopic (exact) mass is 317 g/mol. The van der Waals surface area contributed by atoms with E-state index in [0.29, 0.717) is 6.42 Å². The van der Waals surface area contributed by atoms with Gasteiger partial charge in [-0.15, -0.1) is 0 Å². The largest absolute Gasteiger partial charge is 0.480 e. The van der Waals surface area contributed by atoms with Crippen molar-refractivity contribution in [1.82, 2.24) is 0 Å². The van der Waals surface area contributed by atoms with Crippen LogP contribution in [-0.2, 0) is 11.0 Å². The van der Waals surface area contributed by atoms with Crippen LogP contribution in [0.3, 0.4) is 0 Å². The van der Waals surface area contributed by atoms with Gasteiger partial charge in [-0.25, -0.2) is 4.79 Å². The highest BCUT2D eigenvalue weighted by Crippen LogP contribution is 2.51. The van der Waals surface area contributed by atoms with Gasteiger partial charge in [0.2, 0.25) is 0 Å². The second-order valence-corrected chi connectivity index (χ2v) is 5.60. The number of halogens is 4. The van der Waals surface area contributed by atoms with Gasteiger partial charge in [0.15, 0.2) is 0 Å². The van der Waals surface area contributed by atoms with E-state index in [0.717, 1.165) is 12.1 Å². The number of hydrogen-bond donors (Lipinski definition) is 2. The molecular formula is C14H11ClF3NO2. The Bertz CT molecular complexity index is 642. The smallest absolute Gasteiger partial charge is 0.416 e. The molecule has 1 aromatic carbocycles. The zero-order valence-corrected chi connectivity index (χ0v) is 11.4. The number of carboxylic acids is 1. The summed E-state index contributed by atoms with van der Waals surface area (Å²) in [6, 6.07) is 1.15. The van der Waals surface area contributed by atoms with Crippen molar-refractivity contribution in [1.29, 1.82) is 0 Å². The second-order valence-electron chi connectivity index (χ2n) is 5.20. The van der Waals surface area contributed by atoms with Crippen LogP contribution in [0.25, 0.3) is 0 Å². The summed E-state index contributed by atoms with van der Waals surface area (Å²) in [7, 11) is 0. The topological polar surface area (TPSA) is 49.3 Å². The van der Waals surface area contributed by atoms with Crippen LogP contribution in [0.15, 0.2) is 24.3 Å². The Labute approximate surface area is 123 Å². The van der Waals surface area contributed by atoms with E-state index in [2.05, 4.69) is 5.32 Å². The Morgan fingerprint density at radius 1 is 1.38 bits per heavy atom. The lowest BCUT2D eigenvalue weighted by molar-refractivity contribution is -0.139. The Morgan fingerprint density at radius 2 is 2.10 bits per heavy atom. The van der Waals surface area contributed by atoms with Crippen molar-refractivity contribution < 1.29 is 23.1 Å². The third kappa shape index (κ3) is 2.18. The number of hydrogen-bond acceptors (Lipinski definition) is 2. The second kappa shape index (κ2) is 4.66. The van der Waals surface area contributed by atoms with Gasteiger partial charge >= 0.3 is 12.1 Å². The molecule has 7 heteroatoms. The molecule has 0 saturated heterocycles. The van der Waals surface area contributed by atoms with E-state index in [1.54, 1.807) is 12.2 Å². The van der Waals surface area contributed by atoms with Crippen molar-refractivity contribution in [2.75, 3.05) is 5.32 Å². The summed E-state index contributed by atoms with van der Waals surface area (Å²) in [6.07, 6.45) is -0.708. The molecule has 3 atom stereocenters. The maximum Gasteiger partial charge on any atom is 0.416 e. The number of rotatable bonds is 1. The molecule has 2 aliphatic rings. The number of carboxylic acid groups (broad SMARTS) is 1. The fraction of sp³-hybridized carbons (Fsp3) is 0.357. The standard InChI is InChI=1S/C14H11ClF3NO2/c15-9-5-4-8(14(16,17)18)10-6-2-1-3-7(6)11(13(20)21)19-12(9)10/h1-2,4-7,11,19H,3H2,(H,20,21)/t6-,7-,11-/m1/s1. The summed E-state index contributed by atoms with van der Waals surface area (Å²) >= 11 is 5.98. The normalized spacial score (nSPS) is 27.0. The molecule has 0 spiro atoms. The molecule has 1 aliphatic heterocycles. The molecule has 3 nitrogen and oxygen atoms in total. The zero-order chi connectivity index (χ0) is 15.4. The zero-order valence-electron chi connectivity index (χ0n) is 10.6. The van der Waals surface area contributed by atoms with Crippen LogP contribution in [-0.4, -0.2) is 17.1 Å². The molecule has 0 aromatic heterocycles. The van der Waals surface area contributed by atoms with Gasteiger partial charge in [-0.05, 0) is 24.1 Å². The predicted molar refractivity (Wildman–Crippen MR) is 71.5 cm³/mol. The average Bonchev–Trinajstić information content (AvgIpc) is 2.85. The maximum absolute atomic E-state index is 13.2. The van der Waals surface area contributed by atoms with Crippen molar-refractivity contribution in [3.05, 3.63) is 40.4 Å². The Hall–Kier alpha value is -1.69. The minimum absolute atomic E-state index is 0.0475. The first-order chi connectivity index (χ1) is 9.80. The first-order valence-corrected chi connectivity index (χ1v) is 6.74. The molecule has 3 rings (SSSR count). The van der Waals surface area contributed by atoms with Crippen LogP contribution in [0, 0.1) is 5.92 Å². The summed E-state index contributed by atoms with van der Waals surface area (Å²) in [5, 5.41) is 12.1. The van der Waals surface area contributed by atoms with Crippen LogP contribution >= 0.6 is 11.6 Å². The molecule has 0 radical (unpaired) electrons. The van der Waals surface area contributed by atoms with Gasteiger partial charge in [0.1, 0.15) is 6.04 Å². The molecule has 1 heterocycles. The molecular weight excluding hydrogens is 307 g/mol. The summed E-state index contributed by atoms with van der Waals surface area (Å²) < 4.78 is 39.6. The fourth-order valence-corrected chi connectivity index (χ4v) is 3.39. The average molecular weight is 318 g/mol. The van der Waals surface area contributed by atoms with Crippen molar-refractivity contribution in [3.63, 3.8) is 0 Å². The van der Waals surface area contributed by atoms with Crippen molar-refractivity contribution >= 4 is 23.3 Å². The predicted octanol–water partition coefficient (Wildman–Crippen LogP) is 3.90. The van der Waals surface area contributed by atoms with Gasteiger partial charge in [0.05, 0.1) is 16.3 Å². The minimum atomic E-state index is -4.51. The molecule has 0 saturated carbocycles. The van der Waals surface area contributed by atoms with Crippen molar-refractivity contribution in [2.45, 2.75) is 24.6 Å². The van der Waals surface area contributed by atoms with Crippen molar-refractivity contribution in [2.24, 2.45) is 5.92 Å². The van der Waals surface area contributed by atoms with Crippen LogP contribution in [0.2, 0.25) is 5.02 Å². The third-order valence-electron chi connectivity index (χ3n) is 4.04. The lowest BCUT2D eigenvalue weighted by Crippen LogP contribution is -2.42. The minimum Gasteiger partial charge on any atom is -0.480 e. The van der Waals surface area contributed by atoms with Crippen molar-refractivity contribution in [3.8, 4) is 0 Å². The molecule has 112 valence electrons. The Balaban J connectivity index is 2.22. The number of aliphatic carboxylic acids is 1. The highest BCUT2D eigenvalue weighted by atomic mass is 35.5. The van der Waals surface area contributed by atoms with Crippen LogP contribution in [0.4, 0.5) is 18.9 Å². The maximum atomic E-state index is 13.2. The molecule has 1 aromatic rings. The van der Waals surface area contributed by atoms with Gasteiger partial charge in [0, 0.05) is 11.8 Å². The van der Waals surface area contributed by atoms with E-state index in [9.17, 15) is 23.1 Å². The quantitative estimate of drug-likeness (QED) is 0.772. The van der Waals surface area contributed by atoms with E-state index in [4.69, 9.17) is 11.6 Å². The summed E-state index contributed by atoms with van der Waals surface area (Å²) in [5.41, 5.74) is -0.641. The van der Waals surface area contributed by atoms with E-state index >= 15 is 0 Å². The van der Waals surface area contributed by atoms with Gasteiger partial charge in [-0.2, -0.15) is 13.2 Å². The van der Waals surface area contributed by atoms with Crippen LogP contribution in [0.1, 0.15) is 23.5 Å². The SMILES string of the molecule is O=C(O)[C@@H]1Nc2c(Cl)ccc(C(F)(F)F)c2[C@@H]2C=CC[C@@H]12. The summed E-state index contributed by atoms with van der Waals surface area (Å²) in [5.74, 6) is -2.11. The molecule has 2 N–H and O–H groups in total. The van der Waals surface area contributed by atoms with Gasteiger partial charge in [-0.3, -0.25) is 0 Å². The number of carbonyl (C=O) groups is 1. The van der Waals surface area contributed by atoms with E-state index in [1.165, 1.54) is 0 Å². The number of fused-ring (bicyclic) bond motifs is 3. The fourth-order valence-electron chi connectivity index (χ4n) is 3.17. The number of anilines is 1. The number of alkyl halides is 3. The Morgan fingerprint density at radius 3 is 2.71 bits per heavy atom. The molecule has 0 bridgehead atoms. The first kappa shape index (κ1) is 14.3. The summed E-state index contributed by atoms with van der Waals surface area (Å²) in [6.45, 7) is 0. The van der Waals surface area contributed by atoms with E-state index in [1.807, 2.05) is 0 Å². The molecule has 21 heavy (non-hydrogen) atoms. The molecule has 1 aliphatic carbocycles. The van der Waals surface area contributed by atoms with Gasteiger partial charge < -0.3 is 10.4 Å². The lowest BCUT2D eigenvalue weighted by Gasteiger charge is -2.36. The highest BCUT2D eigenvalue weighted by molar-refractivity contribution is 6.33. The first-order valence-electron chi connectivity index (χ1n) is 6.36. The third-order valence-corrected chi connectivity index (χ3v) is 4.36. The summed E-state index contributed by atoms with van der Waals surface area (Å²) in [4.78, 5) is 11.3. The number of benzene rings is 1. The number of nitrogens with one attached hydrogen (secondary N) is 1.